The Hall–Kier alpha value is -2.28. The summed E-state index contributed by atoms with van der Waals surface area (Å²) in [6.45, 7) is 12.4. The summed E-state index contributed by atoms with van der Waals surface area (Å²) >= 11 is 0. The molecular weight excluding hydrogens is 290 g/mol. The molecule has 2 aromatic rings. The van der Waals surface area contributed by atoms with Gasteiger partial charge in [0.25, 0.3) is 0 Å². The molecule has 2 aromatic carbocycles. The van der Waals surface area contributed by atoms with Gasteiger partial charge in [-0.1, -0.05) is 50.3 Å². The Morgan fingerprint density at radius 1 is 0.875 bits per heavy atom. The predicted molar refractivity (Wildman–Crippen MR) is 110 cm³/mol. The van der Waals surface area contributed by atoms with Crippen molar-refractivity contribution in [2.45, 2.75) is 41.5 Å². The summed E-state index contributed by atoms with van der Waals surface area (Å²) in [6.07, 6.45) is 6.38. The van der Waals surface area contributed by atoms with E-state index in [0.717, 1.165) is 0 Å². The zero-order valence-corrected chi connectivity index (χ0v) is 16.2. The zero-order valence-electron chi connectivity index (χ0n) is 16.2. The van der Waals surface area contributed by atoms with Gasteiger partial charge in [0.15, 0.2) is 0 Å². The summed E-state index contributed by atoms with van der Waals surface area (Å²) in [5.74, 6) is 0. The van der Waals surface area contributed by atoms with Gasteiger partial charge >= 0.3 is 0 Å². The van der Waals surface area contributed by atoms with E-state index in [1.54, 1.807) is 0 Å². The molecule has 0 aliphatic carbocycles. The summed E-state index contributed by atoms with van der Waals surface area (Å²) < 4.78 is 0. The maximum Gasteiger partial charge on any atom is 0.0414 e. The van der Waals surface area contributed by atoms with Crippen molar-refractivity contribution in [3.8, 4) is 0 Å². The Morgan fingerprint density at radius 2 is 1.50 bits per heavy atom. The van der Waals surface area contributed by atoms with Gasteiger partial charge in [0, 0.05) is 18.4 Å². The third-order valence-corrected chi connectivity index (χ3v) is 3.82. The van der Waals surface area contributed by atoms with E-state index in [1.807, 2.05) is 13.8 Å². The fraction of sp³-hybridized carbons (Fsp3) is 0.304. The molecule has 0 unspecified atom stereocenters. The molecular formula is C23H31N. The van der Waals surface area contributed by atoms with Crippen LogP contribution in [0.5, 0.6) is 0 Å². The third kappa shape index (κ3) is 5.13. The lowest BCUT2D eigenvalue weighted by Gasteiger charge is -2.21. The van der Waals surface area contributed by atoms with Crippen LogP contribution in [0.1, 0.15) is 44.4 Å². The number of aryl methyl sites for hydroxylation is 2. The fourth-order valence-electron chi connectivity index (χ4n) is 2.73. The molecule has 24 heavy (non-hydrogen) atoms. The molecule has 2 rings (SSSR count). The second kappa shape index (κ2) is 9.77. The SMILES string of the molecule is C/C=C\C(=C/C)c1cccc(N(C)c2cc(C)cc(C)c2)c1.CC. The van der Waals surface area contributed by atoms with Gasteiger partial charge in [0.1, 0.15) is 0 Å². The molecule has 1 heteroatoms. The van der Waals surface area contributed by atoms with Gasteiger partial charge in [-0.25, -0.2) is 0 Å². The first-order valence-electron chi connectivity index (χ1n) is 8.76. The van der Waals surface area contributed by atoms with Gasteiger partial charge < -0.3 is 4.90 Å². The van der Waals surface area contributed by atoms with Gasteiger partial charge in [-0.15, -0.1) is 0 Å². The average molecular weight is 322 g/mol. The number of anilines is 2. The van der Waals surface area contributed by atoms with Crippen molar-refractivity contribution in [3.63, 3.8) is 0 Å². The van der Waals surface area contributed by atoms with E-state index in [-0.39, 0.29) is 0 Å². The van der Waals surface area contributed by atoms with Gasteiger partial charge in [-0.2, -0.15) is 0 Å². The van der Waals surface area contributed by atoms with E-state index >= 15 is 0 Å². The number of rotatable bonds is 4. The second-order valence-corrected chi connectivity index (χ2v) is 5.70. The first-order valence-corrected chi connectivity index (χ1v) is 8.76. The normalized spacial score (nSPS) is 11.2. The standard InChI is InChI=1S/C21H25N.C2H6/c1-6-9-18(7-2)19-10-8-11-20(15-19)22(5)21-13-16(3)12-17(4)14-21;1-2/h6-15H,1-5H3;1-2H3/b9-6-,18-7+;. The highest BCUT2D eigenvalue weighted by Crippen LogP contribution is 2.28. The second-order valence-electron chi connectivity index (χ2n) is 5.70. The highest BCUT2D eigenvalue weighted by Gasteiger charge is 2.07. The average Bonchev–Trinajstić information content (AvgIpc) is 2.60. The molecule has 128 valence electrons. The molecule has 0 saturated carbocycles. The van der Waals surface area contributed by atoms with Crippen LogP contribution >= 0.6 is 0 Å². The van der Waals surface area contributed by atoms with Crippen molar-refractivity contribution in [2.24, 2.45) is 0 Å². The van der Waals surface area contributed by atoms with Crippen molar-refractivity contribution in [2.75, 3.05) is 11.9 Å². The molecule has 0 bridgehead atoms. The minimum atomic E-state index is 1.20. The summed E-state index contributed by atoms with van der Waals surface area (Å²) in [6, 6.07) is 15.3. The largest absolute Gasteiger partial charge is 0.345 e. The number of hydrogen-bond donors (Lipinski definition) is 0. The van der Waals surface area contributed by atoms with Crippen molar-refractivity contribution in [3.05, 3.63) is 77.4 Å². The monoisotopic (exact) mass is 321 g/mol. The molecule has 0 spiro atoms. The van der Waals surface area contributed by atoms with Gasteiger partial charge in [-0.05, 0) is 74.2 Å². The summed E-state index contributed by atoms with van der Waals surface area (Å²) in [5, 5.41) is 0. The highest BCUT2D eigenvalue weighted by molar-refractivity contribution is 5.77. The molecule has 0 heterocycles. The minimum Gasteiger partial charge on any atom is -0.345 e. The molecule has 1 nitrogen and oxygen atoms in total. The summed E-state index contributed by atoms with van der Waals surface area (Å²) in [7, 11) is 2.12. The zero-order chi connectivity index (χ0) is 18.1. The van der Waals surface area contributed by atoms with E-state index in [1.165, 1.54) is 33.6 Å². The fourth-order valence-corrected chi connectivity index (χ4v) is 2.73. The molecule has 0 N–H and O–H groups in total. The Labute approximate surface area is 148 Å². The van der Waals surface area contributed by atoms with Crippen molar-refractivity contribution in [1.29, 1.82) is 0 Å². The van der Waals surface area contributed by atoms with E-state index in [0.29, 0.717) is 0 Å². The highest BCUT2D eigenvalue weighted by atomic mass is 15.1. The summed E-state index contributed by atoms with van der Waals surface area (Å²) in [5.41, 5.74) is 7.50. The van der Waals surface area contributed by atoms with Gasteiger partial charge in [0.05, 0.1) is 0 Å². The van der Waals surface area contributed by atoms with Crippen LogP contribution in [-0.2, 0) is 0 Å². The molecule has 0 aliphatic heterocycles. The van der Waals surface area contributed by atoms with Crippen LogP contribution in [0, 0.1) is 13.8 Å². The number of hydrogen-bond acceptors (Lipinski definition) is 1. The molecule has 0 fully saturated rings. The Bertz CT molecular complexity index is 687. The van der Waals surface area contributed by atoms with Crippen LogP contribution < -0.4 is 4.90 Å². The molecule has 0 amide bonds. The Balaban J connectivity index is 0.00000139. The predicted octanol–water partition coefficient (Wildman–Crippen LogP) is 7.08. The lowest BCUT2D eigenvalue weighted by atomic mass is 10.0. The van der Waals surface area contributed by atoms with E-state index in [4.69, 9.17) is 0 Å². The van der Waals surface area contributed by atoms with Crippen LogP contribution in [0.2, 0.25) is 0 Å². The van der Waals surface area contributed by atoms with Gasteiger partial charge in [-0.3, -0.25) is 0 Å². The van der Waals surface area contributed by atoms with Gasteiger partial charge in [0.2, 0.25) is 0 Å². The minimum absolute atomic E-state index is 1.20. The quantitative estimate of drug-likeness (QED) is 0.544. The first kappa shape index (κ1) is 19.8. The van der Waals surface area contributed by atoms with Crippen LogP contribution in [0.25, 0.3) is 5.57 Å². The molecule has 0 aliphatic rings. The van der Waals surface area contributed by atoms with E-state index in [9.17, 15) is 0 Å². The van der Waals surface area contributed by atoms with Crippen molar-refractivity contribution >= 4 is 16.9 Å². The molecule has 0 saturated heterocycles. The van der Waals surface area contributed by atoms with Crippen LogP contribution in [0.3, 0.4) is 0 Å². The van der Waals surface area contributed by atoms with E-state index in [2.05, 4.69) is 100 Å². The third-order valence-electron chi connectivity index (χ3n) is 3.82. The van der Waals surface area contributed by atoms with Crippen molar-refractivity contribution in [1.82, 2.24) is 0 Å². The van der Waals surface area contributed by atoms with Crippen LogP contribution in [-0.4, -0.2) is 7.05 Å². The van der Waals surface area contributed by atoms with Crippen LogP contribution in [0.15, 0.2) is 60.7 Å². The molecule has 0 radical (unpaired) electrons. The topological polar surface area (TPSA) is 3.24 Å². The maximum absolute atomic E-state index is 2.24. The molecule has 0 aromatic heterocycles. The Kier molecular flexibility index (Phi) is 8.05. The lowest BCUT2D eigenvalue weighted by Crippen LogP contribution is -2.10. The first-order chi connectivity index (χ1) is 11.5. The van der Waals surface area contributed by atoms with E-state index < -0.39 is 0 Å². The smallest absolute Gasteiger partial charge is 0.0414 e. The Morgan fingerprint density at radius 3 is 2.04 bits per heavy atom. The number of allylic oxidation sites excluding steroid dienone is 4. The lowest BCUT2D eigenvalue weighted by molar-refractivity contribution is 1.19. The van der Waals surface area contributed by atoms with Crippen molar-refractivity contribution < 1.29 is 0 Å². The maximum atomic E-state index is 2.24. The summed E-state index contributed by atoms with van der Waals surface area (Å²) in [4.78, 5) is 2.24. The molecule has 0 atom stereocenters. The van der Waals surface area contributed by atoms with Crippen LogP contribution in [0.4, 0.5) is 11.4 Å². The number of benzene rings is 2. The number of nitrogens with zero attached hydrogens (tertiary/aromatic N) is 1.